The summed E-state index contributed by atoms with van der Waals surface area (Å²) in [4.78, 5) is 4.50. The van der Waals surface area contributed by atoms with Crippen molar-refractivity contribution in [2.24, 2.45) is 0 Å². The summed E-state index contributed by atoms with van der Waals surface area (Å²) in [5.74, 6) is 0. The van der Waals surface area contributed by atoms with E-state index >= 15 is 0 Å². The summed E-state index contributed by atoms with van der Waals surface area (Å²) in [7, 11) is 0. The van der Waals surface area contributed by atoms with Gasteiger partial charge in [-0.2, -0.15) is 0 Å². The number of hydrogen-bond acceptors (Lipinski definition) is 2. The van der Waals surface area contributed by atoms with Crippen molar-refractivity contribution in [2.45, 2.75) is 32.2 Å². The van der Waals surface area contributed by atoms with Crippen LogP contribution >= 0.6 is 0 Å². The van der Waals surface area contributed by atoms with E-state index in [9.17, 15) is 0 Å². The molecule has 0 amide bonds. The van der Waals surface area contributed by atoms with Crippen molar-refractivity contribution in [3.05, 3.63) is 29.6 Å². The minimum Gasteiger partial charge on any atom is -0.314 e. The van der Waals surface area contributed by atoms with Gasteiger partial charge in [-0.15, -0.1) is 0 Å². The van der Waals surface area contributed by atoms with Crippen molar-refractivity contribution < 1.29 is 0 Å². The molecule has 0 unspecified atom stereocenters. The maximum atomic E-state index is 4.50. The molecule has 1 aliphatic rings. The van der Waals surface area contributed by atoms with Crippen molar-refractivity contribution in [1.82, 2.24) is 10.3 Å². The van der Waals surface area contributed by atoms with E-state index in [4.69, 9.17) is 0 Å². The quantitative estimate of drug-likeness (QED) is 0.741. The molecular formula is C11H16N2. The van der Waals surface area contributed by atoms with Gasteiger partial charge >= 0.3 is 0 Å². The second-order valence-corrected chi connectivity index (χ2v) is 3.77. The van der Waals surface area contributed by atoms with Gasteiger partial charge in [0.1, 0.15) is 0 Å². The Morgan fingerprint density at radius 1 is 1.54 bits per heavy atom. The van der Waals surface area contributed by atoms with Crippen molar-refractivity contribution in [3.63, 3.8) is 0 Å². The molecule has 70 valence electrons. The molecule has 13 heavy (non-hydrogen) atoms. The molecule has 2 heterocycles. The third kappa shape index (κ3) is 2.28. The van der Waals surface area contributed by atoms with Crippen LogP contribution in [0.3, 0.4) is 0 Å². The normalized spacial score (nSPS) is 22.1. The smallest absolute Gasteiger partial charge is 0.0422 e. The second-order valence-electron chi connectivity index (χ2n) is 3.77. The van der Waals surface area contributed by atoms with Crippen molar-refractivity contribution >= 4 is 0 Å². The Morgan fingerprint density at radius 2 is 2.46 bits per heavy atom. The molecule has 0 aliphatic carbocycles. The zero-order chi connectivity index (χ0) is 9.10. The Labute approximate surface area is 79.4 Å². The van der Waals surface area contributed by atoms with Crippen LogP contribution in [0.15, 0.2) is 18.2 Å². The van der Waals surface area contributed by atoms with Crippen LogP contribution < -0.4 is 5.32 Å². The summed E-state index contributed by atoms with van der Waals surface area (Å²) in [6.07, 6.45) is 3.70. The lowest BCUT2D eigenvalue weighted by Crippen LogP contribution is -2.24. The highest BCUT2D eigenvalue weighted by Gasteiger charge is 2.14. The minimum absolute atomic E-state index is 0.661. The second kappa shape index (κ2) is 3.88. The lowest BCUT2D eigenvalue weighted by molar-refractivity contribution is 0.594. The summed E-state index contributed by atoms with van der Waals surface area (Å²) in [5, 5.41) is 3.48. The number of rotatable bonds is 2. The maximum absolute atomic E-state index is 4.50. The van der Waals surface area contributed by atoms with E-state index in [1.165, 1.54) is 25.1 Å². The van der Waals surface area contributed by atoms with Gasteiger partial charge in [0.15, 0.2) is 0 Å². The van der Waals surface area contributed by atoms with Crippen LogP contribution in [0.2, 0.25) is 0 Å². The van der Waals surface area contributed by atoms with Crippen LogP contribution in [0, 0.1) is 6.92 Å². The first-order valence-corrected chi connectivity index (χ1v) is 5.00. The first-order chi connectivity index (χ1) is 6.34. The SMILES string of the molecule is Cc1cccc(C[C@H]2CCCN2)n1. The van der Waals surface area contributed by atoms with Gasteiger partial charge in [-0.25, -0.2) is 0 Å². The predicted molar refractivity (Wildman–Crippen MR) is 53.7 cm³/mol. The summed E-state index contributed by atoms with van der Waals surface area (Å²) >= 11 is 0. The van der Waals surface area contributed by atoms with Crippen LogP contribution in [-0.4, -0.2) is 17.6 Å². The Kier molecular flexibility index (Phi) is 2.60. The molecule has 1 fully saturated rings. The van der Waals surface area contributed by atoms with E-state index in [0.29, 0.717) is 6.04 Å². The summed E-state index contributed by atoms with van der Waals surface area (Å²) < 4.78 is 0. The molecule has 0 aromatic carbocycles. The predicted octanol–water partition coefficient (Wildman–Crippen LogP) is 1.68. The van der Waals surface area contributed by atoms with Crippen LogP contribution in [0.5, 0.6) is 0 Å². The summed E-state index contributed by atoms with van der Waals surface area (Å²) in [6.45, 7) is 3.22. The number of nitrogens with one attached hydrogen (secondary N) is 1. The number of pyridine rings is 1. The largest absolute Gasteiger partial charge is 0.314 e. The van der Waals surface area contributed by atoms with Gasteiger partial charge in [-0.3, -0.25) is 4.98 Å². The van der Waals surface area contributed by atoms with Crippen molar-refractivity contribution in [1.29, 1.82) is 0 Å². The van der Waals surface area contributed by atoms with Gasteiger partial charge in [-0.1, -0.05) is 6.07 Å². The monoisotopic (exact) mass is 176 g/mol. The van der Waals surface area contributed by atoms with Gasteiger partial charge in [-0.05, 0) is 38.4 Å². The molecule has 0 spiro atoms. The Balaban J connectivity index is 2.00. The van der Waals surface area contributed by atoms with E-state index in [0.717, 1.165) is 12.1 Å². The highest BCUT2D eigenvalue weighted by molar-refractivity contribution is 5.11. The molecule has 1 aliphatic heterocycles. The fourth-order valence-electron chi connectivity index (χ4n) is 1.90. The van der Waals surface area contributed by atoms with Crippen LogP contribution in [-0.2, 0) is 6.42 Å². The van der Waals surface area contributed by atoms with Gasteiger partial charge < -0.3 is 5.32 Å². The van der Waals surface area contributed by atoms with Gasteiger partial charge in [0, 0.05) is 23.9 Å². The van der Waals surface area contributed by atoms with Crippen LogP contribution in [0.4, 0.5) is 0 Å². The fourth-order valence-corrected chi connectivity index (χ4v) is 1.90. The zero-order valence-electron chi connectivity index (χ0n) is 8.09. The topological polar surface area (TPSA) is 24.9 Å². The lowest BCUT2D eigenvalue weighted by atomic mass is 10.1. The number of aryl methyl sites for hydroxylation is 1. The highest BCUT2D eigenvalue weighted by atomic mass is 14.9. The third-order valence-corrected chi connectivity index (χ3v) is 2.56. The maximum Gasteiger partial charge on any atom is 0.0422 e. The summed E-state index contributed by atoms with van der Waals surface area (Å²) in [5.41, 5.74) is 2.34. The van der Waals surface area contributed by atoms with Gasteiger partial charge in [0.25, 0.3) is 0 Å². The van der Waals surface area contributed by atoms with Crippen LogP contribution in [0.25, 0.3) is 0 Å². The third-order valence-electron chi connectivity index (χ3n) is 2.56. The van der Waals surface area contributed by atoms with E-state index in [1.54, 1.807) is 0 Å². The number of aromatic nitrogens is 1. The highest BCUT2D eigenvalue weighted by Crippen LogP contribution is 2.10. The molecule has 0 radical (unpaired) electrons. The standard InChI is InChI=1S/C11H16N2/c1-9-4-2-5-11(13-9)8-10-6-3-7-12-10/h2,4-5,10,12H,3,6-8H2,1H3/t10-/m1/s1. The van der Waals surface area contributed by atoms with Crippen molar-refractivity contribution in [3.8, 4) is 0 Å². The lowest BCUT2D eigenvalue weighted by Gasteiger charge is -2.09. The molecule has 1 aromatic rings. The zero-order valence-corrected chi connectivity index (χ0v) is 8.09. The average Bonchev–Trinajstić information content (AvgIpc) is 2.57. The first-order valence-electron chi connectivity index (χ1n) is 5.00. The fraction of sp³-hybridized carbons (Fsp3) is 0.545. The Hall–Kier alpha value is -0.890. The Morgan fingerprint density at radius 3 is 3.15 bits per heavy atom. The minimum atomic E-state index is 0.661. The molecule has 1 atom stereocenters. The number of hydrogen-bond donors (Lipinski definition) is 1. The van der Waals surface area contributed by atoms with Gasteiger partial charge in [0.2, 0.25) is 0 Å². The molecule has 0 bridgehead atoms. The Bertz CT molecular complexity index is 277. The molecule has 2 nitrogen and oxygen atoms in total. The van der Waals surface area contributed by atoms with E-state index in [-0.39, 0.29) is 0 Å². The summed E-state index contributed by atoms with van der Waals surface area (Å²) in [6, 6.07) is 6.92. The molecule has 1 saturated heterocycles. The van der Waals surface area contributed by atoms with E-state index < -0.39 is 0 Å². The molecule has 1 N–H and O–H groups in total. The van der Waals surface area contributed by atoms with Gasteiger partial charge in [0.05, 0.1) is 0 Å². The van der Waals surface area contributed by atoms with E-state index in [2.05, 4.69) is 22.4 Å². The molecule has 2 rings (SSSR count). The first kappa shape index (κ1) is 8.70. The molecular weight excluding hydrogens is 160 g/mol. The van der Waals surface area contributed by atoms with Crippen LogP contribution in [0.1, 0.15) is 24.2 Å². The number of nitrogens with zero attached hydrogens (tertiary/aromatic N) is 1. The molecule has 1 aromatic heterocycles. The molecule has 0 saturated carbocycles. The average molecular weight is 176 g/mol. The molecule has 2 heteroatoms. The van der Waals surface area contributed by atoms with Crippen molar-refractivity contribution in [2.75, 3.05) is 6.54 Å². The van der Waals surface area contributed by atoms with E-state index in [1.807, 2.05) is 13.0 Å².